The summed E-state index contributed by atoms with van der Waals surface area (Å²) in [6.07, 6.45) is 2.36. The fourth-order valence-electron chi connectivity index (χ4n) is 2.37. The molecule has 1 aliphatic heterocycles. The van der Waals surface area contributed by atoms with Gasteiger partial charge >= 0.3 is 12.0 Å². The average molecular weight is 263 g/mol. The molecule has 2 atom stereocenters. The smallest absolute Gasteiger partial charge is 0.354 e. The van der Waals surface area contributed by atoms with Crippen LogP contribution in [0.1, 0.15) is 30.8 Å². The maximum atomic E-state index is 12.1. The summed E-state index contributed by atoms with van der Waals surface area (Å²) >= 11 is 0. The second-order valence-corrected chi connectivity index (χ2v) is 5.01. The molecule has 1 aromatic rings. The molecule has 6 nitrogen and oxygen atoms in total. The Labute approximate surface area is 111 Å². The molecular weight excluding hydrogens is 246 g/mol. The molecule has 2 heterocycles. The minimum atomic E-state index is -1.08. The molecule has 1 aliphatic rings. The van der Waals surface area contributed by atoms with Gasteiger partial charge in [-0.3, -0.25) is 0 Å². The van der Waals surface area contributed by atoms with Gasteiger partial charge in [-0.2, -0.15) is 0 Å². The van der Waals surface area contributed by atoms with E-state index in [9.17, 15) is 9.59 Å². The summed E-state index contributed by atoms with van der Waals surface area (Å²) in [6.45, 7) is 4.88. The zero-order valence-corrected chi connectivity index (χ0v) is 11.0. The third kappa shape index (κ3) is 3.01. The number of carboxylic acid groups (broad SMARTS) is 1. The summed E-state index contributed by atoms with van der Waals surface area (Å²) in [6, 6.07) is 2.97. The van der Waals surface area contributed by atoms with Gasteiger partial charge in [-0.05, 0) is 31.4 Å². The van der Waals surface area contributed by atoms with E-state index in [0.717, 1.165) is 13.0 Å². The number of anilines is 1. The van der Waals surface area contributed by atoms with Crippen molar-refractivity contribution in [2.24, 2.45) is 5.92 Å². The van der Waals surface area contributed by atoms with Crippen molar-refractivity contribution in [3.63, 3.8) is 0 Å². The van der Waals surface area contributed by atoms with Crippen LogP contribution in [0, 0.1) is 5.92 Å². The number of urea groups is 1. The Balaban J connectivity index is 2.01. The molecule has 2 amide bonds. The van der Waals surface area contributed by atoms with Gasteiger partial charge in [-0.25, -0.2) is 14.6 Å². The van der Waals surface area contributed by atoms with Crippen molar-refractivity contribution in [1.29, 1.82) is 0 Å². The predicted octanol–water partition coefficient (Wildman–Crippen LogP) is 2.04. The number of likely N-dealkylation sites (tertiary alicyclic amines) is 1. The molecule has 102 valence electrons. The number of aromatic nitrogens is 1. The van der Waals surface area contributed by atoms with Crippen LogP contribution in [0.5, 0.6) is 0 Å². The molecular formula is C13H17N3O3. The molecule has 2 rings (SSSR count). The van der Waals surface area contributed by atoms with Gasteiger partial charge in [0.05, 0.1) is 11.9 Å². The van der Waals surface area contributed by atoms with Gasteiger partial charge < -0.3 is 15.3 Å². The van der Waals surface area contributed by atoms with Gasteiger partial charge in [0.25, 0.3) is 0 Å². The number of nitrogens with one attached hydrogen (secondary N) is 1. The van der Waals surface area contributed by atoms with Crippen LogP contribution in [0.25, 0.3) is 0 Å². The zero-order valence-electron chi connectivity index (χ0n) is 11.0. The van der Waals surface area contributed by atoms with Crippen LogP contribution in [0.15, 0.2) is 18.3 Å². The van der Waals surface area contributed by atoms with Crippen molar-refractivity contribution >= 4 is 17.7 Å². The van der Waals surface area contributed by atoms with Crippen LogP contribution in [0.2, 0.25) is 0 Å². The lowest BCUT2D eigenvalue weighted by Gasteiger charge is -2.21. The summed E-state index contributed by atoms with van der Waals surface area (Å²) in [4.78, 5) is 28.3. The van der Waals surface area contributed by atoms with E-state index in [4.69, 9.17) is 5.11 Å². The number of pyridine rings is 1. The molecule has 0 spiro atoms. The van der Waals surface area contributed by atoms with Crippen LogP contribution in [-0.4, -0.2) is 39.6 Å². The Bertz CT molecular complexity index is 486. The van der Waals surface area contributed by atoms with Crippen molar-refractivity contribution in [1.82, 2.24) is 9.88 Å². The molecule has 0 aliphatic carbocycles. The first-order valence-corrected chi connectivity index (χ1v) is 6.24. The quantitative estimate of drug-likeness (QED) is 0.855. The lowest BCUT2D eigenvalue weighted by Crippen LogP contribution is -2.37. The van der Waals surface area contributed by atoms with Gasteiger partial charge in [0, 0.05) is 12.6 Å². The van der Waals surface area contributed by atoms with E-state index in [-0.39, 0.29) is 17.8 Å². The molecule has 0 aromatic carbocycles. The molecule has 1 fully saturated rings. The fourth-order valence-corrected chi connectivity index (χ4v) is 2.37. The van der Waals surface area contributed by atoms with Crippen LogP contribution >= 0.6 is 0 Å². The number of carbonyl (C=O) groups is 2. The Morgan fingerprint density at radius 3 is 2.63 bits per heavy atom. The van der Waals surface area contributed by atoms with Crippen molar-refractivity contribution < 1.29 is 14.7 Å². The third-order valence-corrected chi connectivity index (χ3v) is 3.28. The van der Waals surface area contributed by atoms with Gasteiger partial charge in [0.1, 0.15) is 5.69 Å². The summed E-state index contributed by atoms with van der Waals surface area (Å²) in [7, 11) is 0. The highest BCUT2D eigenvalue weighted by molar-refractivity contribution is 5.90. The normalized spacial score (nSPS) is 22.3. The number of hydrogen-bond donors (Lipinski definition) is 2. The summed E-state index contributed by atoms with van der Waals surface area (Å²) in [5.74, 6) is -0.576. The van der Waals surface area contributed by atoms with E-state index in [1.807, 2.05) is 6.92 Å². The molecule has 0 saturated carbocycles. The van der Waals surface area contributed by atoms with E-state index in [1.54, 1.807) is 11.0 Å². The Morgan fingerprint density at radius 1 is 1.42 bits per heavy atom. The number of nitrogens with zero attached hydrogens (tertiary/aromatic N) is 2. The van der Waals surface area contributed by atoms with Crippen molar-refractivity contribution in [3.8, 4) is 0 Å². The first-order chi connectivity index (χ1) is 8.97. The first-order valence-electron chi connectivity index (χ1n) is 6.24. The van der Waals surface area contributed by atoms with Gasteiger partial charge in [-0.15, -0.1) is 0 Å². The minimum absolute atomic E-state index is 0.0406. The standard InChI is InChI=1S/C13H17N3O3/c1-8-5-9(2)16(7-8)13(19)15-10-3-4-11(12(17)18)14-6-10/h3-4,6,8-9H,5,7H2,1-2H3,(H,15,19)(H,17,18). The van der Waals surface area contributed by atoms with E-state index in [1.165, 1.54) is 12.3 Å². The number of carbonyl (C=O) groups excluding carboxylic acids is 1. The topological polar surface area (TPSA) is 82.5 Å². The van der Waals surface area contributed by atoms with Crippen LogP contribution < -0.4 is 5.32 Å². The maximum Gasteiger partial charge on any atom is 0.354 e. The minimum Gasteiger partial charge on any atom is -0.477 e. The van der Waals surface area contributed by atoms with Crippen molar-refractivity contribution in [2.75, 3.05) is 11.9 Å². The summed E-state index contributed by atoms with van der Waals surface area (Å²) in [5, 5.41) is 11.5. The second-order valence-electron chi connectivity index (χ2n) is 5.01. The maximum absolute atomic E-state index is 12.1. The summed E-state index contributed by atoms with van der Waals surface area (Å²) < 4.78 is 0. The Kier molecular flexibility index (Phi) is 3.69. The summed E-state index contributed by atoms with van der Waals surface area (Å²) in [5.41, 5.74) is 0.461. The fraction of sp³-hybridized carbons (Fsp3) is 0.462. The zero-order chi connectivity index (χ0) is 14.0. The predicted molar refractivity (Wildman–Crippen MR) is 70.2 cm³/mol. The number of hydrogen-bond acceptors (Lipinski definition) is 3. The molecule has 2 unspecified atom stereocenters. The highest BCUT2D eigenvalue weighted by Crippen LogP contribution is 2.23. The largest absolute Gasteiger partial charge is 0.477 e. The second kappa shape index (κ2) is 5.26. The van der Waals surface area contributed by atoms with Crippen LogP contribution in [0.4, 0.5) is 10.5 Å². The van der Waals surface area contributed by atoms with Gasteiger partial charge in [0.15, 0.2) is 0 Å². The molecule has 0 radical (unpaired) electrons. The SMILES string of the molecule is CC1CC(C)N(C(=O)Nc2ccc(C(=O)O)nc2)C1. The van der Waals surface area contributed by atoms with Crippen LogP contribution in [-0.2, 0) is 0 Å². The molecule has 1 aromatic heterocycles. The highest BCUT2D eigenvalue weighted by atomic mass is 16.4. The third-order valence-electron chi connectivity index (χ3n) is 3.28. The average Bonchev–Trinajstić information content (AvgIpc) is 2.69. The van der Waals surface area contributed by atoms with E-state index < -0.39 is 5.97 Å². The Hall–Kier alpha value is -2.11. The molecule has 1 saturated heterocycles. The number of amides is 2. The van der Waals surface area contributed by atoms with Gasteiger partial charge in [0.2, 0.25) is 0 Å². The van der Waals surface area contributed by atoms with Crippen molar-refractivity contribution in [2.45, 2.75) is 26.3 Å². The first kappa shape index (κ1) is 13.3. The molecule has 19 heavy (non-hydrogen) atoms. The lowest BCUT2D eigenvalue weighted by atomic mass is 10.1. The van der Waals surface area contributed by atoms with Crippen LogP contribution in [0.3, 0.4) is 0 Å². The molecule has 0 bridgehead atoms. The highest BCUT2D eigenvalue weighted by Gasteiger charge is 2.29. The number of carboxylic acids is 1. The number of aromatic carboxylic acids is 1. The monoisotopic (exact) mass is 263 g/mol. The lowest BCUT2D eigenvalue weighted by molar-refractivity contribution is 0.0690. The molecule has 6 heteroatoms. The van der Waals surface area contributed by atoms with Gasteiger partial charge in [-0.1, -0.05) is 6.92 Å². The molecule has 2 N–H and O–H groups in total. The van der Waals surface area contributed by atoms with E-state index in [0.29, 0.717) is 11.6 Å². The van der Waals surface area contributed by atoms with Crippen molar-refractivity contribution in [3.05, 3.63) is 24.0 Å². The van der Waals surface area contributed by atoms with E-state index in [2.05, 4.69) is 17.2 Å². The number of rotatable bonds is 2. The van der Waals surface area contributed by atoms with E-state index >= 15 is 0 Å². The Morgan fingerprint density at radius 2 is 2.16 bits per heavy atom.